The van der Waals surface area contributed by atoms with Crippen LogP contribution in [0.4, 0.5) is 0 Å². The van der Waals surface area contributed by atoms with E-state index in [-0.39, 0.29) is 28.2 Å². The van der Waals surface area contributed by atoms with Gasteiger partial charge in [0.2, 0.25) is 11.8 Å². The van der Waals surface area contributed by atoms with Crippen LogP contribution in [0.2, 0.25) is 0 Å². The number of hydrazone groups is 1. The predicted octanol–water partition coefficient (Wildman–Crippen LogP) is 3.37. The van der Waals surface area contributed by atoms with Crippen molar-refractivity contribution in [3.05, 3.63) is 56.1 Å². The Kier molecular flexibility index (Phi) is 5.75. The molecule has 0 aliphatic carbocycles. The SMILES string of the molecule is CCC(=O)N1N=C(c2c(O)n(C)c(=S)n(C)c2=O)C[C@@H]1c1ccc(C(C)C)cc1. The molecule has 0 saturated heterocycles. The molecule has 1 atom stereocenters. The molecule has 2 heterocycles. The monoisotopic (exact) mass is 414 g/mol. The standard InChI is InChI=1S/C21H26N4O3S/c1-6-17(26)25-16(14-9-7-13(8-10-14)12(2)3)11-15(22-25)18-19(27)23(4)21(29)24(5)20(18)28/h7-10,12,16,27H,6,11H2,1-5H3/t16-/m1/s1. The first-order valence-corrected chi connectivity index (χ1v) is 10.1. The van der Waals surface area contributed by atoms with E-state index >= 15 is 0 Å². The third kappa shape index (κ3) is 3.64. The van der Waals surface area contributed by atoms with Gasteiger partial charge in [0.05, 0.1) is 11.8 Å². The summed E-state index contributed by atoms with van der Waals surface area (Å²) in [6.45, 7) is 6.03. The molecule has 0 saturated carbocycles. The van der Waals surface area contributed by atoms with E-state index in [0.29, 0.717) is 24.5 Å². The first kappa shape index (κ1) is 21.0. The highest BCUT2D eigenvalue weighted by Crippen LogP contribution is 2.34. The molecule has 0 spiro atoms. The predicted molar refractivity (Wildman–Crippen MR) is 115 cm³/mol. The van der Waals surface area contributed by atoms with Crippen molar-refractivity contribution in [2.75, 3.05) is 0 Å². The molecular formula is C21H26N4O3S. The Balaban J connectivity index is 2.09. The second kappa shape index (κ2) is 7.94. The van der Waals surface area contributed by atoms with Gasteiger partial charge in [-0.1, -0.05) is 45.0 Å². The normalized spacial score (nSPS) is 16.4. The third-order valence-electron chi connectivity index (χ3n) is 5.38. The largest absolute Gasteiger partial charge is 0.494 e. The van der Waals surface area contributed by atoms with E-state index in [1.165, 1.54) is 19.7 Å². The lowest BCUT2D eigenvalue weighted by molar-refractivity contribution is -0.132. The minimum atomic E-state index is -0.427. The Morgan fingerprint density at radius 2 is 1.86 bits per heavy atom. The van der Waals surface area contributed by atoms with Gasteiger partial charge in [-0.2, -0.15) is 5.10 Å². The molecule has 154 valence electrons. The summed E-state index contributed by atoms with van der Waals surface area (Å²) in [5.74, 6) is 0.0276. The molecule has 1 N–H and O–H groups in total. The molecule has 0 bridgehead atoms. The fourth-order valence-electron chi connectivity index (χ4n) is 3.50. The Morgan fingerprint density at radius 1 is 1.24 bits per heavy atom. The van der Waals surface area contributed by atoms with Gasteiger partial charge in [0.1, 0.15) is 5.56 Å². The van der Waals surface area contributed by atoms with E-state index in [9.17, 15) is 14.7 Å². The van der Waals surface area contributed by atoms with Crippen molar-refractivity contribution in [3.63, 3.8) is 0 Å². The highest BCUT2D eigenvalue weighted by Gasteiger charge is 2.35. The van der Waals surface area contributed by atoms with Crippen LogP contribution in [0.25, 0.3) is 0 Å². The molecular weight excluding hydrogens is 388 g/mol. The van der Waals surface area contributed by atoms with E-state index in [1.54, 1.807) is 21.0 Å². The minimum absolute atomic E-state index is 0.0822. The van der Waals surface area contributed by atoms with Crippen molar-refractivity contribution >= 4 is 23.8 Å². The van der Waals surface area contributed by atoms with Gasteiger partial charge in [0.15, 0.2) is 4.77 Å². The Morgan fingerprint density at radius 3 is 2.41 bits per heavy atom. The van der Waals surface area contributed by atoms with Crippen molar-refractivity contribution in [1.82, 2.24) is 14.1 Å². The van der Waals surface area contributed by atoms with Crippen LogP contribution in [0.3, 0.4) is 0 Å². The van der Waals surface area contributed by atoms with Crippen LogP contribution in [-0.4, -0.2) is 30.9 Å². The second-order valence-corrected chi connectivity index (χ2v) is 7.95. The van der Waals surface area contributed by atoms with Gasteiger partial charge < -0.3 is 5.11 Å². The fraction of sp³-hybridized carbons (Fsp3) is 0.429. The number of benzene rings is 1. The number of amides is 1. The number of rotatable bonds is 4. The summed E-state index contributed by atoms with van der Waals surface area (Å²) < 4.78 is 2.87. The summed E-state index contributed by atoms with van der Waals surface area (Å²) in [7, 11) is 3.15. The second-order valence-electron chi connectivity index (χ2n) is 7.58. The van der Waals surface area contributed by atoms with Crippen molar-refractivity contribution in [1.29, 1.82) is 0 Å². The number of hydrogen-bond donors (Lipinski definition) is 1. The van der Waals surface area contributed by atoms with E-state index in [2.05, 4.69) is 31.1 Å². The van der Waals surface area contributed by atoms with Crippen LogP contribution >= 0.6 is 12.2 Å². The smallest absolute Gasteiger partial charge is 0.267 e. The molecule has 7 nitrogen and oxygen atoms in total. The van der Waals surface area contributed by atoms with Crippen molar-refractivity contribution in [2.24, 2.45) is 19.2 Å². The first-order valence-electron chi connectivity index (χ1n) is 9.66. The molecule has 1 aromatic carbocycles. The lowest BCUT2D eigenvalue weighted by Crippen LogP contribution is -2.28. The molecule has 1 aromatic heterocycles. The molecule has 0 unspecified atom stereocenters. The maximum atomic E-state index is 12.8. The highest BCUT2D eigenvalue weighted by molar-refractivity contribution is 7.71. The van der Waals surface area contributed by atoms with Gasteiger partial charge >= 0.3 is 0 Å². The van der Waals surface area contributed by atoms with Crippen LogP contribution < -0.4 is 5.56 Å². The zero-order valence-electron chi connectivity index (χ0n) is 17.3. The molecule has 29 heavy (non-hydrogen) atoms. The number of aromatic nitrogens is 2. The molecule has 8 heteroatoms. The summed E-state index contributed by atoms with van der Waals surface area (Å²) in [6, 6.07) is 7.78. The lowest BCUT2D eigenvalue weighted by Gasteiger charge is -2.22. The van der Waals surface area contributed by atoms with Gasteiger partial charge in [-0.15, -0.1) is 0 Å². The van der Waals surface area contributed by atoms with Gasteiger partial charge in [-0.05, 0) is 29.3 Å². The average molecular weight is 415 g/mol. The molecule has 3 rings (SSSR count). The third-order valence-corrected chi connectivity index (χ3v) is 5.93. The van der Waals surface area contributed by atoms with Crippen LogP contribution in [0.15, 0.2) is 34.2 Å². The van der Waals surface area contributed by atoms with Crippen LogP contribution in [0.1, 0.15) is 62.3 Å². The number of carbonyl (C=O) groups excluding carboxylic acids is 1. The maximum absolute atomic E-state index is 12.8. The van der Waals surface area contributed by atoms with E-state index in [1.807, 2.05) is 12.1 Å². The number of aromatic hydroxyl groups is 1. The molecule has 2 aromatic rings. The Hall–Kier alpha value is -2.74. The van der Waals surface area contributed by atoms with Crippen LogP contribution in [-0.2, 0) is 18.9 Å². The zero-order chi connectivity index (χ0) is 21.5. The molecule has 1 amide bonds. The average Bonchev–Trinajstić information content (AvgIpc) is 3.15. The summed E-state index contributed by atoms with van der Waals surface area (Å²) in [5, 5.41) is 16.5. The van der Waals surface area contributed by atoms with E-state index in [4.69, 9.17) is 12.2 Å². The first-order chi connectivity index (χ1) is 13.7. The quantitative estimate of drug-likeness (QED) is 0.778. The van der Waals surface area contributed by atoms with Crippen LogP contribution in [0.5, 0.6) is 5.88 Å². The molecule has 0 fully saturated rings. The highest BCUT2D eigenvalue weighted by atomic mass is 32.1. The van der Waals surface area contributed by atoms with Crippen LogP contribution in [0, 0.1) is 4.77 Å². The minimum Gasteiger partial charge on any atom is -0.494 e. The summed E-state index contributed by atoms with van der Waals surface area (Å²) in [5.41, 5.74) is 2.19. The number of carbonyl (C=O) groups is 1. The summed E-state index contributed by atoms with van der Waals surface area (Å²) >= 11 is 5.18. The maximum Gasteiger partial charge on any atom is 0.267 e. The van der Waals surface area contributed by atoms with Crippen molar-refractivity contribution in [2.45, 2.75) is 45.6 Å². The van der Waals surface area contributed by atoms with Gasteiger partial charge in [0, 0.05) is 26.9 Å². The van der Waals surface area contributed by atoms with Gasteiger partial charge in [-0.3, -0.25) is 18.7 Å². The lowest BCUT2D eigenvalue weighted by atomic mass is 9.95. The van der Waals surface area contributed by atoms with Crippen molar-refractivity contribution in [3.8, 4) is 5.88 Å². The molecule has 1 aliphatic heterocycles. The molecule has 1 aliphatic rings. The number of nitrogens with zero attached hydrogens (tertiary/aromatic N) is 4. The zero-order valence-corrected chi connectivity index (χ0v) is 18.2. The van der Waals surface area contributed by atoms with E-state index in [0.717, 1.165) is 5.56 Å². The summed E-state index contributed by atoms with van der Waals surface area (Å²) in [6.07, 6.45) is 0.632. The fourth-order valence-corrected chi connectivity index (χ4v) is 3.67. The Labute approximate surface area is 174 Å². The van der Waals surface area contributed by atoms with Gasteiger partial charge in [-0.25, -0.2) is 5.01 Å². The topological polar surface area (TPSA) is 79.8 Å². The van der Waals surface area contributed by atoms with Crippen molar-refractivity contribution < 1.29 is 9.90 Å². The number of hydrogen-bond acceptors (Lipinski definition) is 5. The van der Waals surface area contributed by atoms with E-state index < -0.39 is 5.56 Å². The molecule has 0 radical (unpaired) electrons. The van der Waals surface area contributed by atoms with Gasteiger partial charge in [0.25, 0.3) is 5.56 Å². The Bertz CT molecular complexity index is 1100. The summed E-state index contributed by atoms with van der Waals surface area (Å²) in [4.78, 5) is 25.4.